The van der Waals surface area contributed by atoms with E-state index < -0.39 is 16.8 Å². The summed E-state index contributed by atoms with van der Waals surface area (Å²) < 4.78 is 3.56. The van der Waals surface area contributed by atoms with Gasteiger partial charge in [-0.05, 0) is 10.1 Å². The Bertz CT molecular complexity index is 1080. The molecular formula is C42H76GeSi2Sn. The van der Waals surface area contributed by atoms with Crippen LogP contribution in [0, 0.1) is 0 Å². The van der Waals surface area contributed by atoms with E-state index in [9.17, 15) is 0 Å². The van der Waals surface area contributed by atoms with Gasteiger partial charge in [-0.25, -0.2) is 0 Å². The van der Waals surface area contributed by atoms with Gasteiger partial charge in [0.25, 0.3) is 0 Å². The molecule has 0 amide bonds. The Morgan fingerprint density at radius 2 is 0.609 bits per heavy atom. The summed E-state index contributed by atoms with van der Waals surface area (Å²) in [5, 5.41) is 1.20. The van der Waals surface area contributed by atoms with E-state index >= 15 is 0 Å². The minimum Gasteiger partial charge on any atom is -0.0709 e. The fraction of sp³-hybridized carbons (Fsp3) is 0.714. The summed E-state index contributed by atoms with van der Waals surface area (Å²) in [5.74, 6) is 3.42. The summed E-state index contributed by atoms with van der Waals surface area (Å²) in [6.07, 6.45) is 0. The van der Waals surface area contributed by atoms with Crippen molar-refractivity contribution in [2.75, 3.05) is 0 Å². The summed E-state index contributed by atoms with van der Waals surface area (Å²) >= 11 is 0.522. The molecule has 0 aliphatic rings. The molecule has 0 bridgehead atoms. The number of benzene rings is 2. The van der Waals surface area contributed by atoms with Gasteiger partial charge in [0.15, 0.2) is 0 Å². The van der Waals surface area contributed by atoms with Crippen LogP contribution >= 0.6 is 0 Å². The van der Waals surface area contributed by atoms with Gasteiger partial charge in [-0.3, -0.25) is 0 Å². The van der Waals surface area contributed by atoms with E-state index in [0.29, 0.717) is 45.6 Å². The minimum absolute atomic E-state index is 0.0502. The van der Waals surface area contributed by atoms with E-state index in [1.54, 1.807) is 29.4 Å². The van der Waals surface area contributed by atoms with E-state index in [-0.39, 0.29) is 17.6 Å². The number of rotatable bonds is 8. The van der Waals surface area contributed by atoms with Gasteiger partial charge in [-0.2, -0.15) is 0 Å². The molecule has 2 aromatic carbocycles. The van der Waals surface area contributed by atoms with Gasteiger partial charge in [0.1, 0.15) is 0 Å². The third-order valence-corrected chi connectivity index (χ3v) is 29.0. The van der Waals surface area contributed by atoms with Crippen LogP contribution in [0.15, 0.2) is 24.3 Å². The zero-order valence-corrected chi connectivity index (χ0v) is 41.7. The Labute approximate surface area is 306 Å². The summed E-state index contributed by atoms with van der Waals surface area (Å²) in [4.78, 5) is 0. The van der Waals surface area contributed by atoms with Crippen molar-refractivity contribution < 1.29 is 0 Å². The van der Waals surface area contributed by atoms with Crippen LogP contribution in [0.4, 0.5) is 0 Å². The van der Waals surface area contributed by atoms with Crippen molar-refractivity contribution in [2.45, 2.75) is 196 Å². The average molecular weight is 829 g/mol. The maximum Gasteiger partial charge on any atom is 0.0470 e. The maximum absolute atomic E-state index is 2.67. The predicted molar refractivity (Wildman–Crippen MR) is 223 cm³/mol. The van der Waals surface area contributed by atoms with E-state index in [4.69, 9.17) is 0 Å². The fourth-order valence-corrected chi connectivity index (χ4v) is 20.9. The largest absolute Gasteiger partial charge is 0.0709 e. The molecule has 0 atom stereocenters. The topological polar surface area (TPSA) is 0 Å². The summed E-state index contributed by atoms with van der Waals surface area (Å²) in [6.45, 7) is 51.8. The van der Waals surface area contributed by atoms with Crippen LogP contribution in [0.5, 0.6) is 0 Å². The smallest absolute Gasteiger partial charge is 0.0470 e. The molecule has 0 aliphatic carbocycles. The first-order valence-corrected chi connectivity index (χ1v) is 34.5. The quantitative estimate of drug-likeness (QED) is 0.233. The van der Waals surface area contributed by atoms with Gasteiger partial charge in [0, 0.05) is 17.6 Å². The molecule has 0 aromatic heterocycles. The molecule has 0 nitrogen and oxygen atoms in total. The van der Waals surface area contributed by atoms with Crippen molar-refractivity contribution in [1.29, 1.82) is 0 Å². The summed E-state index contributed by atoms with van der Waals surface area (Å²) in [7, 11) is -0.100. The third kappa shape index (κ3) is 14.2. The SMILES string of the molecule is CC(C)c1cc(C(C)C)[c]([Sn](=[Ge])[c]2c(C(C)C)cc(C(C)C)cc2C(C)C)c(C(C)C)c1.C[Si](C)C(C)(C)C.C[Si](C)C(C)(C)C. The van der Waals surface area contributed by atoms with Crippen LogP contribution in [0.2, 0.25) is 36.3 Å². The Balaban J connectivity index is 0.00000120. The van der Waals surface area contributed by atoms with Crippen molar-refractivity contribution in [2.24, 2.45) is 0 Å². The van der Waals surface area contributed by atoms with E-state index in [1.807, 2.05) is 0 Å². The Hall–Kier alpha value is 0.215. The Morgan fingerprint density at radius 1 is 0.435 bits per heavy atom. The Morgan fingerprint density at radius 3 is 0.717 bits per heavy atom. The molecule has 0 saturated carbocycles. The molecule has 46 heavy (non-hydrogen) atoms. The van der Waals surface area contributed by atoms with Gasteiger partial charge >= 0.3 is 213 Å². The van der Waals surface area contributed by atoms with E-state index in [2.05, 4.69) is 188 Å². The van der Waals surface area contributed by atoms with Gasteiger partial charge in [0.2, 0.25) is 0 Å². The van der Waals surface area contributed by atoms with Crippen LogP contribution in [0.1, 0.15) is 194 Å². The number of hydrogen-bond donors (Lipinski definition) is 0. The second-order valence-corrected chi connectivity index (χ2v) is 37.0. The minimum atomic E-state index is -2.15. The van der Waals surface area contributed by atoms with Crippen LogP contribution in [-0.4, -0.2) is 47.0 Å². The van der Waals surface area contributed by atoms with Gasteiger partial charge < -0.3 is 0 Å². The summed E-state index contributed by atoms with van der Waals surface area (Å²) in [6, 6.07) is 10.3. The molecule has 0 aliphatic heterocycles. The molecule has 260 valence electrons. The third-order valence-electron chi connectivity index (χ3n) is 9.76. The molecule has 0 spiro atoms. The predicted octanol–water partition coefficient (Wildman–Crippen LogP) is 12.8. The molecule has 0 unspecified atom stereocenters. The standard InChI is InChI=1S/2C15H23.2C6H15Si.Ge.Sn/c2*1-10(2)13-7-14(11(3)4)9-15(8-13)12(5)6;2*1-6(2,3)7(4)5;;/h2*7-8,10-12H,1-6H3;2*1-5H3;;. The van der Waals surface area contributed by atoms with Gasteiger partial charge in [-0.1, -0.05) is 67.7 Å². The van der Waals surface area contributed by atoms with Crippen LogP contribution in [0.3, 0.4) is 0 Å². The average Bonchev–Trinajstić information content (AvgIpc) is 2.90. The Kier molecular flexibility index (Phi) is 19.7. The fourth-order valence-electron chi connectivity index (χ4n) is 4.61. The second-order valence-electron chi connectivity index (χ2n) is 18.0. The molecule has 4 heteroatoms. The van der Waals surface area contributed by atoms with Crippen molar-refractivity contribution in [3.05, 3.63) is 57.6 Å². The maximum atomic E-state index is 2.67. The first-order chi connectivity index (χ1) is 20.7. The zero-order chi connectivity index (χ0) is 36.6. The first kappa shape index (κ1) is 46.2. The zero-order valence-electron chi connectivity index (χ0n) is 34.8. The van der Waals surface area contributed by atoms with Crippen molar-refractivity contribution in [3.8, 4) is 0 Å². The molecule has 2 aromatic rings. The number of hydrogen-bond acceptors (Lipinski definition) is 0. The van der Waals surface area contributed by atoms with E-state index in [1.165, 1.54) is 11.1 Å². The van der Waals surface area contributed by atoms with Gasteiger partial charge in [-0.15, -0.1) is 0 Å². The van der Waals surface area contributed by atoms with Crippen molar-refractivity contribution in [3.63, 3.8) is 0 Å². The van der Waals surface area contributed by atoms with Gasteiger partial charge in [0.05, 0.1) is 0 Å². The van der Waals surface area contributed by atoms with Crippen LogP contribution < -0.4 is 7.16 Å². The molecule has 0 N–H and O–H groups in total. The molecule has 4 radical (unpaired) electrons. The van der Waals surface area contributed by atoms with Crippen LogP contribution in [0.25, 0.3) is 0 Å². The molecule has 0 heterocycles. The molecule has 0 saturated heterocycles. The normalized spacial score (nSPS) is 12.5. The van der Waals surface area contributed by atoms with E-state index in [0.717, 1.165) is 0 Å². The molecular weight excluding hydrogens is 752 g/mol. The van der Waals surface area contributed by atoms with Crippen molar-refractivity contribution >= 4 is 54.2 Å². The second kappa shape index (κ2) is 19.6. The first-order valence-electron chi connectivity index (χ1n) is 18.2. The monoisotopic (exact) mass is 830 g/mol. The summed E-state index contributed by atoms with van der Waals surface area (Å²) in [5.41, 5.74) is 9.56. The molecule has 0 fully saturated rings. The van der Waals surface area contributed by atoms with Crippen molar-refractivity contribution in [1.82, 2.24) is 0 Å². The molecule has 2 rings (SSSR count). The van der Waals surface area contributed by atoms with Crippen LogP contribution in [-0.2, 0) is 0 Å².